The summed E-state index contributed by atoms with van der Waals surface area (Å²) in [6, 6.07) is 2.19. The van der Waals surface area contributed by atoms with Crippen molar-refractivity contribution in [3.05, 3.63) is 23.2 Å². The van der Waals surface area contributed by atoms with Gasteiger partial charge in [-0.05, 0) is 60.4 Å². The van der Waals surface area contributed by atoms with Gasteiger partial charge in [0.15, 0.2) is 0 Å². The number of hydrogen-bond acceptors (Lipinski definition) is 4. The van der Waals surface area contributed by atoms with E-state index < -0.39 is 0 Å². The van der Waals surface area contributed by atoms with E-state index in [-0.39, 0.29) is 0 Å². The minimum atomic E-state index is 0.389. The lowest BCUT2D eigenvalue weighted by Crippen LogP contribution is -2.56. The van der Waals surface area contributed by atoms with Crippen molar-refractivity contribution in [1.82, 2.24) is 15.1 Å². The lowest BCUT2D eigenvalue weighted by atomic mass is 9.75. The molecule has 0 bridgehead atoms. The van der Waals surface area contributed by atoms with Crippen LogP contribution in [0.3, 0.4) is 0 Å². The molecule has 114 valence electrons. The molecule has 0 amide bonds. The third-order valence-corrected chi connectivity index (χ3v) is 4.66. The highest BCUT2D eigenvalue weighted by molar-refractivity contribution is 5.20. The van der Waals surface area contributed by atoms with E-state index in [1.165, 1.54) is 24.8 Å². The Hall–Kier alpha value is -0.840. The summed E-state index contributed by atoms with van der Waals surface area (Å²) >= 11 is 0. The summed E-state index contributed by atoms with van der Waals surface area (Å²) in [4.78, 5) is 4.84. The molecule has 1 aromatic rings. The Morgan fingerprint density at radius 3 is 2.50 bits per heavy atom. The number of nitrogens with zero attached hydrogens (tertiary/aromatic N) is 2. The van der Waals surface area contributed by atoms with Crippen LogP contribution in [0.2, 0.25) is 0 Å². The lowest BCUT2D eigenvalue weighted by Gasteiger charge is -2.49. The van der Waals surface area contributed by atoms with Crippen LogP contribution < -0.4 is 5.32 Å². The highest BCUT2D eigenvalue weighted by atomic mass is 16.3. The minimum absolute atomic E-state index is 0.389. The molecule has 0 spiro atoms. The highest BCUT2D eigenvalue weighted by Gasteiger charge is 2.39. The lowest BCUT2D eigenvalue weighted by molar-refractivity contribution is 0.0258. The maximum absolute atomic E-state index is 5.77. The zero-order valence-corrected chi connectivity index (χ0v) is 13.6. The van der Waals surface area contributed by atoms with Gasteiger partial charge in [-0.2, -0.15) is 0 Å². The van der Waals surface area contributed by atoms with Crippen LogP contribution in [0.1, 0.15) is 36.3 Å². The molecule has 1 aliphatic carbocycles. The monoisotopic (exact) mass is 279 g/mol. The van der Waals surface area contributed by atoms with Crippen LogP contribution in [0, 0.1) is 6.92 Å². The first-order valence-corrected chi connectivity index (χ1v) is 7.55. The largest absolute Gasteiger partial charge is 0.465 e. The van der Waals surface area contributed by atoms with E-state index in [4.69, 9.17) is 4.42 Å². The molecule has 2 rings (SSSR count). The molecule has 1 aromatic heterocycles. The van der Waals surface area contributed by atoms with E-state index in [2.05, 4.69) is 49.2 Å². The van der Waals surface area contributed by atoms with E-state index in [9.17, 15) is 0 Å². The van der Waals surface area contributed by atoms with Crippen LogP contribution in [-0.2, 0) is 13.1 Å². The molecule has 1 fully saturated rings. The first-order chi connectivity index (χ1) is 9.47. The smallest absolute Gasteiger partial charge is 0.118 e. The first-order valence-electron chi connectivity index (χ1n) is 7.55. The second kappa shape index (κ2) is 6.29. The second-order valence-corrected chi connectivity index (χ2v) is 6.47. The topological polar surface area (TPSA) is 31.6 Å². The third kappa shape index (κ3) is 3.25. The predicted molar refractivity (Wildman–Crippen MR) is 82.8 cm³/mol. The Morgan fingerprint density at radius 1 is 1.30 bits per heavy atom. The highest BCUT2D eigenvalue weighted by Crippen LogP contribution is 2.36. The SMILES string of the molecule is CNCc1cc(CN(C)CC2(N(C)C)CCC2)c(C)o1. The summed E-state index contributed by atoms with van der Waals surface area (Å²) in [6.45, 7) is 4.96. The molecule has 1 N–H and O–H groups in total. The number of hydrogen-bond donors (Lipinski definition) is 1. The summed E-state index contributed by atoms with van der Waals surface area (Å²) in [6.07, 6.45) is 4.00. The molecule has 0 saturated heterocycles. The molecule has 0 unspecified atom stereocenters. The molecule has 4 heteroatoms. The Labute approximate surface area is 123 Å². The second-order valence-electron chi connectivity index (χ2n) is 6.47. The fraction of sp³-hybridized carbons (Fsp3) is 0.750. The van der Waals surface area contributed by atoms with Crippen molar-refractivity contribution in [2.75, 3.05) is 34.7 Å². The average Bonchev–Trinajstić information content (AvgIpc) is 2.64. The summed E-state index contributed by atoms with van der Waals surface area (Å²) in [5.74, 6) is 2.08. The van der Waals surface area contributed by atoms with E-state index in [1.807, 2.05) is 7.05 Å². The van der Waals surface area contributed by atoms with Crippen LogP contribution in [-0.4, -0.2) is 50.1 Å². The third-order valence-electron chi connectivity index (χ3n) is 4.66. The molecule has 4 nitrogen and oxygen atoms in total. The molecule has 0 radical (unpaired) electrons. The zero-order valence-electron chi connectivity index (χ0n) is 13.6. The quantitative estimate of drug-likeness (QED) is 0.829. The predicted octanol–water partition coefficient (Wildman–Crippen LogP) is 2.22. The molecule has 0 aliphatic heterocycles. The molecule has 1 heterocycles. The van der Waals surface area contributed by atoms with Gasteiger partial charge in [-0.1, -0.05) is 0 Å². The number of nitrogens with one attached hydrogen (secondary N) is 1. The van der Waals surface area contributed by atoms with Crippen molar-refractivity contribution in [2.45, 2.75) is 44.8 Å². The van der Waals surface area contributed by atoms with Crippen molar-refractivity contribution < 1.29 is 4.42 Å². The van der Waals surface area contributed by atoms with Crippen molar-refractivity contribution in [3.63, 3.8) is 0 Å². The van der Waals surface area contributed by atoms with Crippen molar-refractivity contribution >= 4 is 0 Å². The fourth-order valence-electron chi connectivity index (χ4n) is 3.19. The zero-order chi connectivity index (χ0) is 14.8. The van der Waals surface area contributed by atoms with E-state index in [0.717, 1.165) is 31.2 Å². The van der Waals surface area contributed by atoms with Gasteiger partial charge in [0.1, 0.15) is 11.5 Å². The molecule has 1 saturated carbocycles. The molecule has 1 aliphatic rings. The maximum atomic E-state index is 5.77. The van der Waals surface area contributed by atoms with Gasteiger partial charge < -0.3 is 19.5 Å². The van der Waals surface area contributed by atoms with Crippen LogP contribution in [0.5, 0.6) is 0 Å². The normalized spacial score (nSPS) is 17.8. The van der Waals surface area contributed by atoms with Gasteiger partial charge in [-0.25, -0.2) is 0 Å². The van der Waals surface area contributed by atoms with Gasteiger partial charge in [-0.3, -0.25) is 0 Å². The fourth-order valence-corrected chi connectivity index (χ4v) is 3.19. The summed E-state index contributed by atoms with van der Waals surface area (Å²) in [5, 5.41) is 3.14. The molecular formula is C16H29N3O. The number of furan rings is 1. The molecule has 20 heavy (non-hydrogen) atoms. The summed E-state index contributed by atoms with van der Waals surface area (Å²) in [5.41, 5.74) is 1.70. The maximum Gasteiger partial charge on any atom is 0.118 e. The summed E-state index contributed by atoms with van der Waals surface area (Å²) < 4.78 is 5.77. The Kier molecular flexibility index (Phi) is 4.89. The van der Waals surface area contributed by atoms with Crippen molar-refractivity contribution in [2.24, 2.45) is 0 Å². The van der Waals surface area contributed by atoms with Crippen LogP contribution in [0.15, 0.2) is 10.5 Å². The summed E-state index contributed by atoms with van der Waals surface area (Å²) in [7, 11) is 8.58. The van der Waals surface area contributed by atoms with Gasteiger partial charge in [0.2, 0.25) is 0 Å². The van der Waals surface area contributed by atoms with Gasteiger partial charge >= 0.3 is 0 Å². The average molecular weight is 279 g/mol. The van der Waals surface area contributed by atoms with E-state index in [0.29, 0.717) is 5.54 Å². The van der Waals surface area contributed by atoms with Gasteiger partial charge in [0, 0.05) is 24.2 Å². The number of rotatable bonds is 7. The van der Waals surface area contributed by atoms with Gasteiger partial charge in [0.05, 0.1) is 6.54 Å². The molecular weight excluding hydrogens is 250 g/mol. The van der Waals surface area contributed by atoms with Gasteiger partial charge in [0.25, 0.3) is 0 Å². The van der Waals surface area contributed by atoms with E-state index >= 15 is 0 Å². The molecule has 0 aromatic carbocycles. The van der Waals surface area contributed by atoms with Crippen molar-refractivity contribution in [3.8, 4) is 0 Å². The van der Waals surface area contributed by atoms with Crippen LogP contribution in [0.4, 0.5) is 0 Å². The van der Waals surface area contributed by atoms with Gasteiger partial charge in [-0.15, -0.1) is 0 Å². The van der Waals surface area contributed by atoms with Crippen LogP contribution >= 0.6 is 0 Å². The Morgan fingerprint density at radius 2 is 2.00 bits per heavy atom. The van der Waals surface area contributed by atoms with E-state index in [1.54, 1.807) is 0 Å². The van der Waals surface area contributed by atoms with Crippen molar-refractivity contribution in [1.29, 1.82) is 0 Å². The Bertz CT molecular complexity index is 435. The Balaban J connectivity index is 1.95. The minimum Gasteiger partial charge on any atom is -0.465 e. The van der Waals surface area contributed by atoms with Crippen LogP contribution in [0.25, 0.3) is 0 Å². The number of likely N-dealkylation sites (N-methyl/N-ethyl adjacent to an activating group) is 2. The number of aryl methyl sites for hydroxylation is 1. The molecule has 0 atom stereocenters. The first kappa shape index (κ1) is 15.5. The standard InChI is InChI=1S/C16H29N3O/c1-13-14(9-15(20-13)10-17-2)11-19(5)12-16(18(3)4)7-6-8-16/h9,17H,6-8,10-12H2,1-5H3.